The van der Waals surface area contributed by atoms with Crippen molar-refractivity contribution in [2.45, 2.75) is 39.0 Å². The molecule has 0 aromatic heterocycles. The van der Waals surface area contributed by atoms with Crippen molar-refractivity contribution in [3.8, 4) is 0 Å². The monoisotopic (exact) mass is 294 g/mol. The summed E-state index contributed by atoms with van der Waals surface area (Å²) >= 11 is 0. The molecule has 13 heavy (non-hydrogen) atoms. The largest absolute Gasteiger partial charge is 0.388 e. The van der Waals surface area contributed by atoms with E-state index in [0.29, 0.717) is 5.84 Å². The van der Waals surface area contributed by atoms with Gasteiger partial charge in [0, 0.05) is 6.54 Å². The molecule has 0 fully saturated rings. The number of nitrogens with zero attached hydrogens (tertiary/aromatic N) is 1. The number of halogens is 1. The number of hydrogen-bond acceptors (Lipinski definition) is 1. The van der Waals surface area contributed by atoms with Crippen molar-refractivity contribution >= 4 is 29.8 Å². The Hall–Kier alpha value is -0.0600. The van der Waals surface area contributed by atoms with Gasteiger partial charge in [0.15, 0.2) is 0 Å². The first-order valence-electron chi connectivity index (χ1n) is 4.73. The second kappa shape index (κ2) is 7.35. The molecule has 0 saturated carbocycles. The molecule has 0 amide bonds. The lowest BCUT2D eigenvalue weighted by atomic mass is 9.97. The number of nitrogens with two attached hydrogens (primary N) is 1. The van der Waals surface area contributed by atoms with Crippen LogP contribution in [0.1, 0.15) is 39.0 Å². The predicted octanol–water partition coefficient (Wildman–Crippen LogP) is 2.87. The van der Waals surface area contributed by atoms with Crippen LogP contribution < -0.4 is 5.73 Å². The van der Waals surface area contributed by atoms with E-state index in [2.05, 4.69) is 11.1 Å². The maximum atomic E-state index is 5.44. The second-order valence-electron chi connectivity index (χ2n) is 3.38. The molecule has 0 aliphatic heterocycles. The van der Waals surface area contributed by atoms with E-state index >= 15 is 0 Å². The molecule has 1 rings (SSSR count). The summed E-state index contributed by atoms with van der Waals surface area (Å²) in [5.74, 6) is 0.700. The Kier molecular flexibility index (Phi) is 7.32. The molecule has 1 aliphatic rings. The minimum Gasteiger partial charge on any atom is -0.388 e. The van der Waals surface area contributed by atoms with Crippen molar-refractivity contribution in [3.05, 3.63) is 11.6 Å². The third kappa shape index (κ3) is 6.07. The smallest absolute Gasteiger partial charge is 0.0905 e. The van der Waals surface area contributed by atoms with E-state index in [9.17, 15) is 0 Å². The zero-order valence-electron chi connectivity index (χ0n) is 8.25. The van der Waals surface area contributed by atoms with Gasteiger partial charge in [0.25, 0.3) is 0 Å². The molecule has 0 radical (unpaired) electrons. The second-order valence-corrected chi connectivity index (χ2v) is 3.38. The maximum Gasteiger partial charge on any atom is 0.0905 e. The molecular weight excluding hydrogens is 275 g/mol. The number of aliphatic imine (C=N–C) groups is 1. The van der Waals surface area contributed by atoms with Crippen LogP contribution in [0.5, 0.6) is 0 Å². The van der Waals surface area contributed by atoms with Gasteiger partial charge in [0.2, 0.25) is 0 Å². The van der Waals surface area contributed by atoms with Gasteiger partial charge in [-0.05, 0) is 39.0 Å². The Balaban J connectivity index is 0.00000144. The first-order chi connectivity index (χ1) is 5.79. The molecule has 3 heteroatoms. The summed E-state index contributed by atoms with van der Waals surface area (Å²) in [7, 11) is 0. The SMILES string of the molecule is CC(N)=NCCC1=CCCCC1.I. The van der Waals surface area contributed by atoms with Gasteiger partial charge in [-0.2, -0.15) is 0 Å². The van der Waals surface area contributed by atoms with E-state index in [-0.39, 0.29) is 24.0 Å². The van der Waals surface area contributed by atoms with Crippen molar-refractivity contribution in [2.75, 3.05) is 6.54 Å². The summed E-state index contributed by atoms with van der Waals surface area (Å²) in [5.41, 5.74) is 7.01. The predicted molar refractivity (Wildman–Crippen MR) is 68.7 cm³/mol. The molecule has 0 bridgehead atoms. The van der Waals surface area contributed by atoms with E-state index in [0.717, 1.165) is 13.0 Å². The molecule has 0 saturated heterocycles. The number of allylic oxidation sites excluding steroid dienone is 1. The highest BCUT2D eigenvalue weighted by Crippen LogP contribution is 2.19. The Bertz CT molecular complexity index is 193. The number of hydrogen-bond donors (Lipinski definition) is 1. The Morgan fingerprint density at radius 2 is 2.31 bits per heavy atom. The lowest BCUT2D eigenvalue weighted by molar-refractivity contribution is 0.676. The molecule has 2 N–H and O–H groups in total. The van der Waals surface area contributed by atoms with E-state index in [1.165, 1.54) is 25.7 Å². The molecule has 76 valence electrons. The van der Waals surface area contributed by atoms with Gasteiger partial charge in [0.1, 0.15) is 0 Å². The van der Waals surface area contributed by atoms with Crippen molar-refractivity contribution in [1.82, 2.24) is 0 Å². The van der Waals surface area contributed by atoms with E-state index in [4.69, 9.17) is 5.73 Å². The van der Waals surface area contributed by atoms with Crippen molar-refractivity contribution in [3.63, 3.8) is 0 Å². The summed E-state index contributed by atoms with van der Waals surface area (Å²) in [6.45, 7) is 2.71. The van der Waals surface area contributed by atoms with Crippen LogP contribution >= 0.6 is 24.0 Å². The van der Waals surface area contributed by atoms with Crippen molar-refractivity contribution in [1.29, 1.82) is 0 Å². The molecular formula is C10H19IN2. The van der Waals surface area contributed by atoms with E-state index < -0.39 is 0 Å². The summed E-state index contributed by atoms with van der Waals surface area (Å²) < 4.78 is 0. The molecule has 0 atom stereocenters. The highest BCUT2D eigenvalue weighted by atomic mass is 127. The van der Waals surface area contributed by atoms with Crippen LogP contribution in [0.4, 0.5) is 0 Å². The van der Waals surface area contributed by atoms with Gasteiger partial charge >= 0.3 is 0 Å². The zero-order valence-corrected chi connectivity index (χ0v) is 10.6. The van der Waals surface area contributed by atoms with Gasteiger partial charge in [0.05, 0.1) is 5.84 Å². The van der Waals surface area contributed by atoms with Crippen molar-refractivity contribution in [2.24, 2.45) is 10.7 Å². The Labute approximate surface area is 97.7 Å². The molecule has 0 unspecified atom stereocenters. The average molecular weight is 294 g/mol. The minimum atomic E-state index is 0. The third-order valence-corrected chi connectivity index (χ3v) is 2.18. The summed E-state index contributed by atoms with van der Waals surface area (Å²) in [4.78, 5) is 4.17. The Morgan fingerprint density at radius 3 is 2.85 bits per heavy atom. The standard InChI is InChI=1S/C10H18N2.HI/c1-9(11)12-8-7-10-5-3-2-4-6-10;/h5H,2-4,6-8H2,1H3,(H2,11,12);1H. The van der Waals surface area contributed by atoms with Gasteiger partial charge in [-0.25, -0.2) is 0 Å². The van der Waals surface area contributed by atoms with E-state index in [1.807, 2.05) is 6.92 Å². The third-order valence-electron chi connectivity index (χ3n) is 2.18. The quantitative estimate of drug-likeness (QED) is 0.369. The summed E-state index contributed by atoms with van der Waals surface area (Å²) in [6, 6.07) is 0. The highest BCUT2D eigenvalue weighted by molar-refractivity contribution is 14.0. The van der Waals surface area contributed by atoms with Crippen LogP contribution in [0.15, 0.2) is 16.6 Å². The number of amidine groups is 1. The lowest BCUT2D eigenvalue weighted by Crippen LogP contribution is -2.06. The topological polar surface area (TPSA) is 38.4 Å². The molecule has 2 nitrogen and oxygen atoms in total. The van der Waals surface area contributed by atoms with Gasteiger partial charge in [-0.3, -0.25) is 4.99 Å². The van der Waals surface area contributed by atoms with Crippen LogP contribution in [0, 0.1) is 0 Å². The Morgan fingerprint density at radius 1 is 1.54 bits per heavy atom. The fourth-order valence-electron chi connectivity index (χ4n) is 1.51. The molecule has 1 aliphatic carbocycles. The summed E-state index contributed by atoms with van der Waals surface area (Å²) in [5, 5.41) is 0. The molecule has 0 aromatic rings. The van der Waals surface area contributed by atoms with Crippen LogP contribution in [0.25, 0.3) is 0 Å². The fourth-order valence-corrected chi connectivity index (χ4v) is 1.51. The van der Waals surface area contributed by atoms with Gasteiger partial charge in [-0.1, -0.05) is 11.6 Å². The fraction of sp³-hybridized carbons (Fsp3) is 0.700. The van der Waals surface area contributed by atoms with E-state index in [1.54, 1.807) is 5.57 Å². The van der Waals surface area contributed by atoms with Gasteiger partial charge in [-0.15, -0.1) is 24.0 Å². The van der Waals surface area contributed by atoms with Crippen LogP contribution in [0.2, 0.25) is 0 Å². The maximum absolute atomic E-state index is 5.44. The average Bonchev–Trinajstić information content (AvgIpc) is 2.05. The zero-order chi connectivity index (χ0) is 8.81. The number of rotatable bonds is 3. The normalized spacial score (nSPS) is 17.6. The summed E-state index contributed by atoms with van der Waals surface area (Å²) in [6.07, 6.45) is 8.74. The highest BCUT2D eigenvalue weighted by Gasteiger charge is 2.01. The lowest BCUT2D eigenvalue weighted by Gasteiger charge is -2.10. The van der Waals surface area contributed by atoms with Gasteiger partial charge < -0.3 is 5.73 Å². The minimum absolute atomic E-state index is 0. The molecule has 0 aromatic carbocycles. The first kappa shape index (κ1) is 12.9. The van der Waals surface area contributed by atoms with Crippen LogP contribution in [-0.4, -0.2) is 12.4 Å². The molecule has 0 heterocycles. The first-order valence-corrected chi connectivity index (χ1v) is 4.73. The molecule has 0 spiro atoms. The van der Waals surface area contributed by atoms with Crippen LogP contribution in [-0.2, 0) is 0 Å². The van der Waals surface area contributed by atoms with Crippen molar-refractivity contribution < 1.29 is 0 Å². The van der Waals surface area contributed by atoms with Crippen LogP contribution in [0.3, 0.4) is 0 Å².